The van der Waals surface area contributed by atoms with Crippen LogP contribution in [0.1, 0.15) is 19.2 Å². The van der Waals surface area contributed by atoms with Crippen LogP contribution in [0.25, 0.3) is 0 Å². The number of nitrogens with one attached hydrogen (secondary N) is 1. The summed E-state index contributed by atoms with van der Waals surface area (Å²) >= 11 is 1.48. The van der Waals surface area contributed by atoms with Crippen LogP contribution >= 0.6 is 11.8 Å². The maximum absolute atomic E-state index is 7.38. The lowest BCUT2D eigenvalue weighted by atomic mass is 10.3. The summed E-state index contributed by atoms with van der Waals surface area (Å²) in [6.07, 6.45) is 0.825. The van der Waals surface area contributed by atoms with E-state index < -0.39 is 0 Å². The van der Waals surface area contributed by atoms with Crippen molar-refractivity contribution in [3.05, 3.63) is 5.82 Å². The normalized spacial score (nSPS) is 12.8. The minimum absolute atomic E-state index is 0.00250. The lowest BCUT2D eigenvalue weighted by Gasteiger charge is -2.11. The molecular formula is C8H15N5S. The molecule has 0 aliphatic rings. The van der Waals surface area contributed by atoms with Crippen LogP contribution in [-0.4, -0.2) is 25.9 Å². The summed E-state index contributed by atoms with van der Waals surface area (Å²) < 4.78 is 1.90. The van der Waals surface area contributed by atoms with E-state index in [1.807, 2.05) is 25.5 Å². The minimum Gasteiger partial charge on any atom is -0.387 e. The second kappa shape index (κ2) is 4.45. The Labute approximate surface area is 87.6 Å². The van der Waals surface area contributed by atoms with Gasteiger partial charge in [0.25, 0.3) is 0 Å². The summed E-state index contributed by atoms with van der Waals surface area (Å²) in [4.78, 5) is 0. The highest BCUT2D eigenvalue weighted by Gasteiger charge is 2.15. The Morgan fingerprint density at radius 2 is 2.29 bits per heavy atom. The molecule has 14 heavy (non-hydrogen) atoms. The van der Waals surface area contributed by atoms with Crippen LogP contribution in [0.15, 0.2) is 5.16 Å². The van der Waals surface area contributed by atoms with Crippen molar-refractivity contribution in [3.63, 3.8) is 0 Å². The van der Waals surface area contributed by atoms with Gasteiger partial charge in [-0.3, -0.25) is 5.41 Å². The molecule has 3 N–H and O–H groups in total. The molecule has 0 saturated heterocycles. The largest absolute Gasteiger partial charge is 0.387 e. The second-order valence-corrected chi connectivity index (χ2v) is 4.23. The van der Waals surface area contributed by atoms with Crippen LogP contribution in [0.5, 0.6) is 0 Å². The summed E-state index contributed by atoms with van der Waals surface area (Å²) in [6.45, 7) is 3.90. The molecule has 0 saturated carbocycles. The number of amidine groups is 1. The third kappa shape index (κ3) is 2.25. The van der Waals surface area contributed by atoms with Gasteiger partial charge in [-0.25, -0.2) is 0 Å². The van der Waals surface area contributed by atoms with Crippen molar-refractivity contribution in [1.82, 2.24) is 14.8 Å². The van der Waals surface area contributed by atoms with Crippen LogP contribution in [0.3, 0.4) is 0 Å². The minimum atomic E-state index is -0.00250. The zero-order chi connectivity index (χ0) is 10.7. The summed E-state index contributed by atoms with van der Waals surface area (Å²) in [5, 5.41) is 16.1. The van der Waals surface area contributed by atoms with Gasteiger partial charge >= 0.3 is 0 Å². The predicted molar refractivity (Wildman–Crippen MR) is 57.6 cm³/mol. The number of aryl methyl sites for hydroxylation is 1. The molecule has 1 aromatic heterocycles. The highest BCUT2D eigenvalue weighted by molar-refractivity contribution is 8.00. The van der Waals surface area contributed by atoms with Gasteiger partial charge in [0.05, 0.1) is 5.25 Å². The van der Waals surface area contributed by atoms with Gasteiger partial charge in [0.1, 0.15) is 11.7 Å². The second-order valence-electron chi connectivity index (χ2n) is 3.06. The van der Waals surface area contributed by atoms with E-state index in [1.54, 1.807) is 0 Å². The topological polar surface area (TPSA) is 80.6 Å². The molecule has 1 atom stereocenters. The van der Waals surface area contributed by atoms with Crippen molar-refractivity contribution >= 4 is 17.6 Å². The van der Waals surface area contributed by atoms with Crippen LogP contribution in [0.2, 0.25) is 0 Å². The number of hydrogen-bond donors (Lipinski definition) is 2. The van der Waals surface area contributed by atoms with Crippen molar-refractivity contribution in [1.29, 1.82) is 5.41 Å². The van der Waals surface area contributed by atoms with E-state index in [0.29, 0.717) is 0 Å². The number of thioether (sulfide) groups is 1. The van der Waals surface area contributed by atoms with Gasteiger partial charge in [-0.1, -0.05) is 18.7 Å². The van der Waals surface area contributed by atoms with E-state index in [1.165, 1.54) is 11.8 Å². The number of hydrogen-bond acceptors (Lipinski definition) is 4. The van der Waals surface area contributed by atoms with Gasteiger partial charge in [0, 0.05) is 7.05 Å². The van der Waals surface area contributed by atoms with Crippen LogP contribution < -0.4 is 5.73 Å². The Morgan fingerprint density at radius 3 is 2.64 bits per heavy atom. The predicted octanol–water partition coefficient (Wildman–Crippen LogP) is 0.930. The molecule has 0 bridgehead atoms. The van der Waals surface area contributed by atoms with Gasteiger partial charge < -0.3 is 10.3 Å². The Morgan fingerprint density at radius 1 is 1.64 bits per heavy atom. The molecule has 1 unspecified atom stereocenters. The molecule has 0 aromatic carbocycles. The molecule has 1 rings (SSSR count). The van der Waals surface area contributed by atoms with Crippen molar-refractivity contribution in [2.75, 3.05) is 0 Å². The van der Waals surface area contributed by atoms with Gasteiger partial charge in [-0.2, -0.15) is 0 Å². The third-order valence-electron chi connectivity index (χ3n) is 2.02. The lowest BCUT2D eigenvalue weighted by molar-refractivity contribution is 0.763. The molecule has 0 radical (unpaired) electrons. The van der Waals surface area contributed by atoms with E-state index in [-0.39, 0.29) is 11.1 Å². The quantitative estimate of drug-likeness (QED) is 0.443. The number of nitrogens with zero attached hydrogens (tertiary/aromatic N) is 3. The number of aromatic nitrogens is 3. The first-order valence-corrected chi connectivity index (χ1v) is 5.30. The summed E-state index contributed by atoms with van der Waals surface area (Å²) in [6, 6.07) is 0. The monoisotopic (exact) mass is 213 g/mol. The average Bonchev–Trinajstić information content (AvgIpc) is 2.44. The van der Waals surface area contributed by atoms with Gasteiger partial charge in [-0.15, -0.1) is 10.2 Å². The molecule has 1 heterocycles. The lowest BCUT2D eigenvalue weighted by Crippen LogP contribution is -2.24. The molecule has 78 valence electrons. The molecule has 6 heteroatoms. The van der Waals surface area contributed by atoms with Crippen LogP contribution in [0.4, 0.5) is 0 Å². The molecule has 0 spiro atoms. The molecule has 0 amide bonds. The number of rotatable bonds is 4. The van der Waals surface area contributed by atoms with Crippen molar-refractivity contribution < 1.29 is 0 Å². The fourth-order valence-electron chi connectivity index (χ4n) is 0.984. The van der Waals surface area contributed by atoms with Gasteiger partial charge in [0.2, 0.25) is 0 Å². The fourth-order valence-corrected chi connectivity index (χ4v) is 1.91. The first-order valence-electron chi connectivity index (χ1n) is 4.42. The zero-order valence-corrected chi connectivity index (χ0v) is 9.43. The van der Waals surface area contributed by atoms with Crippen molar-refractivity contribution in [3.8, 4) is 0 Å². The first kappa shape index (κ1) is 11.0. The standard InChI is InChI=1S/C8H15N5S/c1-4-6(7(9)10)14-8-12-11-5(2)13(8)3/h6H,4H2,1-3H3,(H3,9,10). The Bertz CT molecular complexity index is 332. The highest BCUT2D eigenvalue weighted by Crippen LogP contribution is 2.23. The third-order valence-corrected chi connectivity index (χ3v) is 3.46. The molecule has 0 aliphatic heterocycles. The molecule has 0 fully saturated rings. The Balaban J connectivity index is 2.77. The van der Waals surface area contributed by atoms with E-state index in [9.17, 15) is 0 Å². The Kier molecular flexibility index (Phi) is 3.51. The van der Waals surface area contributed by atoms with E-state index in [4.69, 9.17) is 11.1 Å². The maximum Gasteiger partial charge on any atom is 0.191 e. The SMILES string of the molecule is CCC(Sc1nnc(C)n1C)C(=N)N. The molecular weight excluding hydrogens is 198 g/mol. The average molecular weight is 213 g/mol. The highest BCUT2D eigenvalue weighted by atomic mass is 32.2. The summed E-state index contributed by atoms with van der Waals surface area (Å²) in [5.41, 5.74) is 5.46. The van der Waals surface area contributed by atoms with E-state index in [0.717, 1.165) is 17.4 Å². The van der Waals surface area contributed by atoms with Crippen molar-refractivity contribution in [2.24, 2.45) is 12.8 Å². The van der Waals surface area contributed by atoms with E-state index >= 15 is 0 Å². The molecule has 0 aliphatic carbocycles. The Hall–Kier alpha value is -1.04. The van der Waals surface area contributed by atoms with E-state index in [2.05, 4.69) is 10.2 Å². The van der Waals surface area contributed by atoms with Crippen molar-refractivity contribution in [2.45, 2.75) is 30.7 Å². The first-order chi connectivity index (χ1) is 6.56. The fraction of sp³-hybridized carbons (Fsp3) is 0.625. The molecule has 5 nitrogen and oxygen atoms in total. The summed E-state index contributed by atoms with van der Waals surface area (Å²) in [7, 11) is 1.91. The zero-order valence-electron chi connectivity index (χ0n) is 8.61. The maximum atomic E-state index is 7.38. The van der Waals surface area contributed by atoms with Crippen LogP contribution in [0, 0.1) is 12.3 Å². The van der Waals surface area contributed by atoms with Gasteiger partial charge in [0.15, 0.2) is 5.16 Å². The number of nitrogens with two attached hydrogens (primary N) is 1. The molecule has 1 aromatic rings. The van der Waals surface area contributed by atoms with Crippen LogP contribution in [-0.2, 0) is 7.05 Å². The smallest absolute Gasteiger partial charge is 0.191 e. The van der Waals surface area contributed by atoms with Gasteiger partial charge in [-0.05, 0) is 13.3 Å². The summed E-state index contributed by atoms with van der Waals surface area (Å²) in [5.74, 6) is 1.06.